The summed E-state index contributed by atoms with van der Waals surface area (Å²) in [7, 11) is 0. The Morgan fingerprint density at radius 3 is 2.72 bits per heavy atom. The van der Waals surface area contributed by atoms with E-state index < -0.39 is 0 Å². The van der Waals surface area contributed by atoms with Crippen LogP contribution < -0.4 is 5.73 Å². The van der Waals surface area contributed by atoms with Gasteiger partial charge in [-0.2, -0.15) is 0 Å². The second-order valence-corrected chi connectivity index (χ2v) is 5.09. The van der Waals surface area contributed by atoms with Gasteiger partial charge < -0.3 is 10.2 Å². The summed E-state index contributed by atoms with van der Waals surface area (Å²) in [6.45, 7) is 4.80. The molecule has 0 fully saturated rings. The predicted molar refractivity (Wildman–Crippen MR) is 77.1 cm³/mol. The van der Waals surface area contributed by atoms with E-state index in [1.165, 1.54) is 5.56 Å². The van der Waals surface area contributed by atoms with E-state index in [4.69, 9.17) is 10.2 Å². The zero-order valence-electron chi connectivity index (χ0n) is 10.4. The van der Waals surface area contributed by atoms with Crippen LogP contribution in [-0.2, 0) is 13.1 Å². The fourth-order valence-corrected chi connectivity index (χ4v) is 2.10. The Morgan fingerprint density at radius 1 is 1.28 bits per heavy atom. The van der Waals surface area contributed by atoms with Gasteiger partial charge in [-0.05, 0) is 52.3 Å². The normalized spacial score (nSPS) is 11.1. The summed E-state index contributed by atoms with van der Waals surface area (Å²) in [5.74, 6) is 0.988. The van der Waals surface area contributed by atoms with Gasteiger partial charge in [-0.1, -0.05) is 13.0 Å². The number of benzene rings is 1. The largest absolute Gasteiger partial charge is 0.468 e. The molecule has 1 aromatic carbocycles. The highest BCUT2D eigenvalue weighted by Crippen LogP contribution is 2.21. The molecule has 0 aliphatic carbocycles. The van der Waals surface area contributed by atoms with E-state index in [1.54, 1.807) is 6.26 Å². The molecule has 0 aliphatic rings. The second-order valence-electron chi connectivity index (χ2n) is 4.24. The first-order valence-electron chi connectivity index (χ1n) is 5.97. The Kier molecular flexibility index (Phi) is 4.44. The molecule has 0 unspecified atom stereocenters. The summed E-state index contributed by atoms with van der Waals surface area (Å²) in [4.78, 5) is 2.31. The predicted octanol–water partition coefficient (Wildman–Crippen LogP) is 3.65. The molecule has 0 saturated carbocycles. The number of hydrogen-bond acceptors (Lipinski definition) is 3. The molecule has 0 saturated heterocycles. The standard InChI is InChI=1S/C14H17BrN2O/c1-2-17(10-12-4-3-7-18-12)9-11-5-6-13(15)14(16)8-11/h3-8H,2,9-10,16H2,1H3. The van der Waals surface area contributed by atoms with Crippen molar-refractivity contribution in [2.24, 2.45) is 0 Å². The summed E-state index contributed by atoms with van der Waals surface area (Å²) in [6.07, 6.45) is 1.71. The number of hydrogen-bond donors (Lipinski definition) is 1. The van der Waals surface area contributed by atoms with Crippen molar-refractivity contribution in [2.75, 3.05) is 12.3 Å². The smallest absolute Gasteiger partial charge is 0.117 e. The van der Waals surface area contributed by atoms with Gasteiger partial charge in [0, 0.05) is 16.7 Å². The Balaban J connectivity index is 2.03. The Labute approximate surface area is 116 Å². The lowest BCUT2D eigenvalue weighted by atomic mass is 10.2. The van der Waals surface area contributed by atoms with Crippen LogP contribution in [-0.4, -0.2) is 11.4 Å². The van der Waals surface area contributed by atoms with Crippen molar-refractivity contribution in [2.45, 2.75) is 20.0 Å². The third-order valence-electron chi connectivity index (χ3n) is 2.87. The van der Waals surface area contributed by atoms with Gasteiger partial charge in [-0.15, -0.1) is 0 Å². The minimum Gasteiger partial charge on any atom is -0.468 e. The molecule has 3 nitrogen and oxygen atoms in total. The molecule has 2 N–H and O–H groups in total. The van der Waals surface area contributed by atoms with Crippen LogP contribution in [0.25, 0.3) is 0 Å². The van der Waals surface area contributed by atoms with Gasteiger partial charge in [-0.25, -0.2) is 0 Å². The van der Waals surface area contributed by atoms with Crippen LogP contribution in [0.1, 0.15) is 18.2 Å². The number of anilines is 1. The molecule has 4 heteroatoms. The van der Waals surface area contributed by atoms with Gasteiger partial charge in [-0.3, -0.25) is 4.90 Å². The summed E-state index contributed by atoms with van der Waals surface area (Å²) in [6, 6.07) is 10.0. The molecule has 0 bridgehead atoms. The lowest BCUT2D eigenvalue weighted by Gasteiger charge is -2.19. The molecule has 0 atom stereocenters. The minimum atomic E-state index is 0.779. The van der Waals surface area contributed by atoms with Crippen LogP contribution in [0.15, 0.2) is 45.5 Å². The molecule has 18 heavy (non-hydrogen) atoms. The molecule has 1 aromatic heterocycles. The third kappa shape index (κ3) is 3.37. The molecule has 2 rings (SSSR count). The highest BCUT2D eigenvalue weighted by molar-refractivity contribution is 9.10. The zero-order valence-corrected chi connectivity index (χ0v) is 12.0. The molecule has 0 aliphatic heterocycles. The second kappa shape index (κ2) is 6.07. The van der Waals surface area contributed by atoms with Crippen LogP contribution in [0.3, 0.4) is 0 Å². The number of furan rings is 1. The number of halogens is 1. The monoisotopic (exact) mass is 308 g/mol. The van der Waals surface area contributed by atoms with Crippen molar-refractivity contribution >= 4 is 21.6 Å². The molecule has 0 radical (unpaired) electrons. The fraction of sp³-hybridized carbons (Fsp3) is 0.286. The molecule has 2 aromatic rings. The van der Waals surface area contributed by atoms with Crippen LogP contribution >= 0.6 is 15.9 Å². The quantitative estimate of drug-likeness (QED) is 0.857. The Morgan fingerprint density at radius 2 is 2.11 bits per heavy atom. The maximum atomic E-state index is 5.89. The number of nitrogen functional groups attached to an aromatic ring is 1. The van der Waals surface area contributed by atoms with E-state index in [0.29, 0.717) is 0 Å². The topological polar surface area (TPSA) is 42.4 Å². The summed E-state index contributed by atoms with van der Waals surface area (Å²) < 4.78 is 6.32. The third-order valence-corrected chi connectivity index (χ3v) is 3.60. The van der Waals surface area contributed by atoms with Crippen LogP contribution in [0.4, 0.5) is 5.69 Å². The SMILES string of the molecule is CCN(Cc1ccc(Br)c(N)c1)Cc1ccco1. The zero-order chi connectivity index (χ0) is 13.0. The molecule has 96 valence electrons. The van der Waals surface area contributed by atoms with E-state index in [9.17, 15) is 0 Å². The summed E-state index contributed by atoms with van der Waals surface area (Å²) in [5.41, 5.74) is 7.88. The van der Waals surface area contributed by atoms with Gasteiger partial charge in [0.2, 0.25) is 0 Å². The number of nitrogens with two attached hydrogens (primary N) is 1. The Hall–Kier alpha value is -1.26. The van der Waals surface area contributed by atoms with Gasteiger partial charge in [0.05, 0.1) is 12.8 Å². The van der Waals surface area contributed by atoms with E-state index >= 15 is 0 Å². The van der Waals surface area contributed by atoms with Crippen molar-refractivity contribution < 1.29 is 4.42 Å². The van der Waals surface area contributed by atoms with E-state index in [0.717, 1.165) is 35.6 Å². The fourth-order valence-electron chi connectivity index (χ4n) is 1.85. The molecule has 0 amide bonds. The van der Waals surface area contributed by atoms with Gasteiger partial charge >= 0.3 is 0 Å². The van der Waals surface area contributed by atoms with Crippen LogP contribution in [0, 0.1) is 0 Å². The highest BCUT2D eigenvalue weighted by Gasteiger charge is 2.07. The van der Waals surface area contributed by atoms with Crippen molar-refractivity contribution in [1.82, 2.24) is 4.90 Å². The first-order valence-corrected chi connectivity index (χ1v) is 6.77. The minimum absolute atomic E-state index is 0.779. The van der Waals surface area contributed by atoms with Gasteiger partial charge in [0.15, 0.2) is 0 Å². The molecular weight excluding hydrogens is 292 g/mol. The highest BCUT2D eigenvalue weighted by atomic mass is 79.9. The van der Waals surface area contributed by atoms with E-state index in [1.807, 2.05) is 24.3 Å². The lowest BCUT2D eigenvalue weighted by molar-refractivity contribution is 0.248. The van der Waals surface area contributed by atoms with Crippen molar-refractivity contribution in [3.8, 4) is 0 Å². The van der Waals surface area contributed by atoms with E-state index in [-0.39, 0.29) is 0 Å². The lowest BCUT2D eigenvalue weighted by Crippen LogP contribution is -2.22. The molecule has 0 spiro atoms. The first kappa shape index (κ1) is 13.2. The van der Waals surface area contributed by atoms with Gasteiger partial charge in [0.25, 0.3) is 0 Å². The average Bonchev–Trinajstić information content (AvgIpc) is 2.86. The first-order chi connectivity index (χ1) is 8.69. The summed E-state index contributed by atoms with van der Waals surface area (Å²) in [5, 5.41) is 0. The average molecular weight is 309 g/mol. The van der Waals surface area contributed by atoms with Crippen molar-refractivity contribution in [3.05, 3.63) is 52.4 Å². The maximum absolute atomic E-state index is 5.89. The molecule has 1 heterocycles. The van der Waals surface area contributed by atoms with Crippen molar-refractivity contribution in [1.29, 1.82) is 0 Å². The van der Waals surface area contributed by atoms with E-state index in [2.05, 4.69) is 33.8 Å². The van der Waals surface area contributed by atoms with Crippen molar-refractivity contribution in [3.63, 3.8) is 0 Å². The van der Waals surface area contributed by atoms with Crippen LogP contribution in [0.5, 0.6) is 0 Å². The Bertz CT molecular complexity index is 497. The molecular formula is C14H17BrN2O. The maximum Gasteiger partial charge on any atom is 0.117 e. The van der Waals surface area contributed by atoms with Gasteiger partial charge in [0.1, 0.15) is 5.76 Å². The van der Waals surface area contributed by atoms with Crippen LogP contribution in [0.2, 0.25) is 0 Å². The summed E-state index contributed by atoms with van der Waals surface area (Å²) >= 11 is 3.41. The number of nitrogens with zero attached hydrogens (tertiary/aromatic N) is 1. The number of rotatable bonds is 5.